The molecule has 1 heterocycles. The monoisotopic (exact) mass is 351 g/mol. The zero-order valence-electron chi connectivity index (χ0n) is 13.6. The van der Waals surface area contributed by atoms with Crippen molar-refractivity contribution in [2.24, 2.45) is 0 Å². The Balaban J connectivity index is 1.79. The molecule has 1 aromatic carbocycles. The standard InChI is InChI=1S/C16H21N3O4S/c1-24(21,22)19-10-2-3-14(11-19)18-16(20)12-23-15-6-4-13(5-7-15)8-9-17/h4-7,14H,2-3,8,10-12H2,1H3,(H,18,20). The first-order valence-corrected chi connectivity index (χ1v) is 9.56. The zero-order valence-corrected chi connectivity index (χ0v) is 14.4. The largest absolute Gasteiger partial charge is 0.484 e. The van der Waals surface area contributed by atoms with Crippen molar-refractivity contribution >= 4 is 15.9 Å². The van der Waals surface area contributed by atoms with Gasteiger partial charge in [-0.05, 0) is 30.5 Å². The first-order valence-electron chi connectivity index (χ1n) is 7.71. The average Bonchev–Trinajstić information content (AvgIpc) is 2.54. The Bertz CT molecular complexity index is 710. The summed E-state index contributed by atoms with van der Waals surface area (Å²) in [6, 6.07) is 8.86. The van der Waals surface area contributed by atoms with Gasteiger partial charge in [0.2, 0.25) is 10.0 Å². The van der Waals surface area contributed by atoms with Crippen LogP contribution in [0.15, 0.2) is 24.3 Å². The number of hydrogen-bond donors (Lipinski definition) is 1. The summed E-state index contributed by atoms with van der Waals surface area (Å²) in [6.07, 6.45) is 2.98. The average molecular weight is 351 g/mol. The van der Waals surface area contributed by atoms with Gasteiger partial charge in [-0.3, -0.25) is 4.79 Å². The number of nitrogens with one attached hydrogen (secondary N) is 1. The van der Waals surface area contributed by atoms with Crippen LogP contribution in [0.3, 0.4) is 0 Å². The van der Waals surface area contributed by atoms with Gasteiger partial charge >= 0.3 is 0 Å². The number of piperidine rings is 1. The van der Waals surface area contributed by atoms with Gasteiger partial charge in [0.25, 0.3) is 5.91 Å². The lowest BCUT2D eigenvalue weighted by molar-refractivity contribution is -0.124. The third-order valence-electron chi connectivity index (χ3n) is 3.79. The number of amides is 1. The van der Waals surface area contributed by atoms with Crippen LogP contribution in [-0.4, -0.2) is 50.6 Å². The molecule has 1 aliphatic rings. The first kappa shape index (κ1) is 18.2. The highest BCUT2D eigenvalue weighted by Crippen LogP contribution is 2.14. The van der Waals surface area contributed by atoms with E-state index in [0.717, 1.165) is 18.4 Å². The Labute approximate surface area is 142 Å². The second-order valence-corrected chi connectivity index (χ2v) is 7.78. The van der Waals surface area contributed by atoms with Gasteiger partial charge in [0.1, 0.15) is 5.75 Å². The number of ether oxygens (including phenoxy) is 1. The highest BCUT2D eigenvalue weighted by atomic mass is 32.2. The minimum atomic E-state index is -3.23. The van der Waals surface area contributed by atoms with Gasteiger partial charge in [-0.1, -0.05) is 12.1 Å². The Morgan fingerprint density at radius 1 is 1.42 bits per heavy atom. The van der Waals surface area contributed by atoms with Crippen LogP contribution in [0.1, 0.15) is 18.4 Å². The number of nitrogens with zero attached hydrogens (tertiary/aromatic N) is 2. The van der Waals surface area contributed by atoms with Crippen LogP contribution in [0.25, 0.3) is 0 Å². The number of hydrogen-bond acceptors (Lipinski definition) is 5. The van der Waals surface area contributed by atoms with Crippen molar-refractivity contribution in [1.29, 1.82) is 5.26 Å². The van der Waals surface area contributed by atoms with E-state index in [9.17, 15) is 13.2 Å². The minimum Gasteiger partial charge on any atom is -0.484 e. The third-order valence-corrected chi connectivity index (χ3v) is 5.06. The van der Waals surface area contributed by atoms with E-state index in [0.29, 0.717) is 25.3 Å². The van der Waals surface area contributed by atoms with Gasteiger partial charge < -0.3 is 10.1 Å². The molecule has 1 fully saturated rings. The summed E-state index contributed by atoms with van der Waals surface area (Å²) in [6.45, 7) is 0.664. The van der Waals surface area contributed by atoms with Crippen LogP contribution in [-0.2, 0) is 21.2 Å². The Morgan fingerprint density at radius 2 is 2.12 bits per heavy atom. The van der Waals surface area contributed by atoms with E-state index < -0.39 is 10.0 Å². The SMILES string of the molecule is CS(=O)(=O)N1CCCC(NC(=O)COc2ccc(CC#N)cc2)C1. The molecule has 0 bridgehead atoms. The molecular formula is C16H21N3O4S. The topological polar surface area (TPSA) is 99.5 Å². The molecule has 1 amide bonds. The van der Waals surface area contributed by atoms with Crippen molar-refractivity contribution in [3.8, 4) is 11.8 Å². The number of benzene rings is 1. The van der Waals surface area contributed by atoms with Crippen molar-refractivity contribution < 1.29 is 17.9 Å². The molecule has 1 aliphatic heterocycles. The summed E-state index contributed by atoms with van der Waals surface area (Å²) >= 11 is 0. The molecule has 0 radical (unpaired) electrons. The Morgan fingerprint density at radius 3 is 2.75 bits per heavy atom. The maximum Gasteiger partial charge on any atom is 0.258 e. The van der Waals surface area contributed by atoms with E-state index >= 15 is 0 Å². The van der Waals surface area contributed by atoms with E-state index in [1.54, 1.807) is 24.3 Å². The molecule has 8 heteroatoms. The van der Waals surface area contributed by atoms with Gasteiger partial charge in [-0.2, -0.15) is 5.26 Å². The number of carbonyl (C=O) groups excluding carboxylic acids is 1. The van der Waals surface area contributed by atoms with Crippen molar-refractivity contribution in [3.05, 3.63) is 29.8 Å². The lowest BCUT2D eigenvalue weighted by atomic mass is 10.1. The van der Waals surface area contributed by atoms with Crippen molar-refractivity contribution in [2.45, 2.75) is 25.3 Å². The molecule has 7 nitrogen and oxygen atoms in total. The molecule has 0 spiro atoms. The molecule has 1 atom stereocenters. The van der Waals surface area contributed by atoms with Crippen LogP contribution >= 0.6 is 0 Å². The zero-order chi connectivity index (χ0) is 17.6. The van der Waals surface area contributed by atoms with Crippen LogP contribution in [0.4, 0.5) is 0 Å². The molecule has 1 N–H and O–H groups in total. The second kappa shape index (κ2) is 8.13. The molecule has 0 aliphatic carbocycles. The molecule has 1 saturated heterocycles. The second-order valence-electron chi connectivity index (χ2n) is 5.80. The molecule has 0 saturated carbocycles. The summed E-state index contributed by atoms with van der Waals surface area (Å²) < 4.78 is 29.9. The Kier molecular flexibility index (Phi) is 6.17. The van der Waals surface area contributed by atoms with E-state index in [4.69, 9.17) is 10.00 Å². The van der Waals surface area contributed by atoms with Crippen molar-refractivity contribution in [1.82, 2.24) is 9.62 Å². The van der Waals surface area contributed by atoms with Crippen LogP contribution < -0.4 is 10.1 Å². The molecule has 1 unspecified atom stereocenters. The molecule has 0 aromatic heterocycles. The number of rotatable bonds is 6. The van der Waals surface area contributed by atoms with Crippen molar-refractivity contribution in [3.63, 3.8) is 0 Å². The minimum absolute atomic E-state index is 0.132. The van der Waals surface area contributed by atoms with Gasteiger partial charge in [-0.25, -0.2) is 12.7 Å². The molecule has 24 heavy (non-hydrogen) atoms. The normalized spacial score (nSPS) is 18.6. The summed E-state index contributed by atoms with van der Waals surface area (Å²) in [5.74, 6) is 0.268. The predicted molar refractivity (Wildman–Crippen MR) is 88.8 cm³/mol. The van der Waals surface area contributed by atoms with E-state index in [1.807, 2.05) is 0 Å². The third kappa shape index (κ3) is 5.51. The fourth-order valence-electron chi connectivity index (χ4n) is 2.57. The summed E-state index contributed by atoms with van der Waals surface area (Å²) in [5.41, 5.74) is 0.886. The summed E-state index contributed by atoms with van der Waals surface area (Å²) in [4.78, 5) is 12.0. The Hall–Kier alpha value is -2.11. The summed E-state index contributed by atoms with van der Waals surface area (Å²) in [5, 5.41) is 11.4. The number of carbonyl (C=O) groups is 1. The molecule has 130 valence electrons. The van der Waals surface area contributed by atoms with Gasteiger partial charge in [0, 0.05) is 19.1 Å². The highest BCUT2D eigenvalue weighted by Gasteiger charge is 2.26. The fourth-order valence-corrected chi connectivity index (χ4v) is 3.49. The molecule has 1 aromatic rings. The van der Waals surface area contributed by atoms with E-state index in [1.165, 1.54) is 10.6 Å². The van der Waals surface area contributed by atoms with E-state index in [2.05, 4.69) is 11.4 Å². The van der Waals surface area contributed by atoms with Crippen LogP contribution in [0, 0.1) is 11.3 Å². The maximum atomic E-state index is 12.0. The van der Waals surface area contributed by atoms with Gasteiger partial charge in [0.15, 0.2) is 6.61 Å². The fraction of sp³-hybridized carbons (Fsp3) is 0.500. The molecule has 2 rings (SSSR count). The van der Waals surface area contributed by atoms with Crippen LogP contribution in [0.5, 0.6) is 5.75 Å². The van der Waals surface area contributed by atoms with E-state index in [-0.39, 0.29) is 18.6 Å². The van der Waals surface area contributed by atoms with Crippen molar-refractivity contribution in [2.75, 3.05) is 26.0 Å². The number of nitriles is 1. The maximum absolute atomic E-state index is 12.0. The lowest BCUT2D eigenvalue weighted by Gasteiger charge is -2.31. The highest BCUT2D eigenvalue weighted by molar-refractivity contribution is 7.88. The predicted octanol–water partition coefficient (Wildman–Crippen LogP) is 0.672. The number of sulfonamides is 1. The van der Waals surface area contributed by atoms with Crippen LogP contribution in [0.2, 0.25) is 0 Å². The van der Waals surface area contributed by atoms with Gasteiger partial charge in [-0.15, -0.1) is 0 Å². The smallest absolute Gasteiger partial charge is 0.258 e. The van der Waals surface area contributed by atoms with Gasteiger partial charge in [0.05, 0.1) is 18.7 Å². The summed E-state index contributed by atoms with van der Waals surface area (Å²) in [7, 11) is -3.23. The first-order chi connectivity index (χ1) is 11.4. The molecular weight excluding hydrogens is 330 g/mol. The quantitative estimate of drug-likeness (QED) is 0.812. The lowest BCUT2D eigenvalue weighted by Crippen LogP contribution is -2.50.